The number of sulfonamides is 1. The number of anilines is 1. The van der Waals surface area contributed by atoms with Crippen molar-refractivity contribution in [1.82, 2.24) is 9.29 Å². The van der Waals surface area contributed by atoms with Gasteiger partial charge in [-0.2, -0.15) is 17.5 Å². The molecule has 1 aromatic carbocycles. The predicted molar refractivity (Wildman–Crippen MR) is 107 cm³/mol. The van der Waals surface area contributed by atoms with Crippen molar-refractivity contribution in [2.75, 3.05) is 25.0 Å². The molecule has 0 saturated carbocycles. The summed E-state index contributed by atoms with van der Waals surface area (Å²) in [7, 11) is -3.88. The molecule has 1 aliphatic rings. The predicted octanol–water partition coefficient (Wildman–Crippen LogP) is 3.84. The van der Waals surface area contributed by atoms with E-state index in [-0.39, 0.29) is 22.0 Å². The summed E-state index contributed by atoms with van der Waals surface area (Å²) in [4.78, 5) is 16.2. The Bertz CT molecular complexity index is 1010. The van der Waals surface area contributed by atoms with Crippen molar-refractivity contribution in [3.8, 4) is 5.75 Å². The third kappa shape index (κ3) is 6.17. The van der Waals surface area contributed by atoms with Crippen LogP contribution in [-0.2, 0) is 10.0 Å². The van der Waals surface area contributed by atoms with Gasteiger partial charge >= 0.3 is 6.18 Å². The number of carbonyl (C=O) groups excluding carboxylic acids is 1. The standard InChI is InChI=1S/C20H22F3N3O4S/c21-20(22,23)14-30-18-9-8-15(31(28,29)26-11-5-1-2-6-12-26)13-17(18)25-19(27)16-7-3-4-10-24-16/h3-4,7-10,13H,1-2,5-6,11-12,14H2,(H,25,27). The van der Waals surface area contributed by atoms with Crippen molar-refractivity contribution in [3.05, 3.63) is 48.3 Å². The largest absolute Gasteiger partial charge is 0.482 e. The molecule has 31 heavy (non-hydrogen) atoms. The molecular weight excluding hydrogens is 435 g/mol. The summed E-state index contributed by atoms with van der Waals surface area (Å²) in [6.07, 6.45) is 0.114. The minimum Gasteiger partial charge on any atom is -0.482 e. The molecule has 0 bridgehead atoms. The first-order chi connectivity index (χ1) is 14.7. The Labute approximate surface area is 178 Å². The minimum absolute atomic E-state index is 0.0186. The zero-order valence-electron chi connectivity index (χ0n) is 16.6. The van der Waals surface area contributed by atoms with E-state index in [9.17, 15) is 26.4 Å². The molecule has 1 N–H and O–H groups in total. The molecule has 0 radical (unpaired) electrons. The first-order valence-corrected chi connectivity index (χ1v) is 11.2. The minimum atomic E-state index is -4.60. The summed E-state index contributed by atoms with van der Waals surface area (Å²) < 4.78 is 70.1. The molecule has 11 heteroatoms. The Morgan fingerprint density at radius 1 is 1.10 bits per heavy atom. The molecule has 0 atom stereocenters. The highest BCUT2D eigenvalue weighted by atomic mass is 32.2. The van der Waals surface area contributed by atoms with Crippen LogP contribution in [0.1, 0.15) is 36.2 Å². The molecule has 1 aromatic heterocycles. The van der Waals surface area contributed by atoms with Crippen LogP contribution >= 0.6 is 0 Å². The number of hydrogen-bond acceptors (Lipinski definition) is 5. The summed E-state index contributed by atoms with van der Waals surface area (Å²) in [5.41, 5.74) is -0.166. The van der Waals surface area contributed by atoms with Crippen molar-refractivity contribution in [3.63, 3.8) is 0 Å². The molecule has 2 heterocycles. The van der Waals surface area contributed by atoms with Crippen LogP contribution in [-0.4, -0.2) is 49.5 Å². The highest BCUT2D eigenvalue weighted by Gasteiger charge is 2.30. The maximum Gasteiger partial charge on any atom is 0.422 e. The molecule has 1 fully saturated rings. The van der Waals surface area contributed by atoms with Gasteiger partial charge in [0.1, 0.15) is 11.4 Å². The molecule has 1 amide bonds. The van der Waals surface area contributed by atoms with Crippen LogP contribution in [0, 0.1) is 0 Å². The highest BCUT2D eigenvalue weighted by Crippen LogP contribution is 2.31. The Morgan fingerprint density at radius 3 is 2.42 bits per heavy atom. The molecule has 1 saturated heterocycles. The molecule has 1 aliphatic heterocycles. The lowest BCUT2D eigenvalue weighted by Gasteiger charge is -2.21. The molecule has 3 rings (SSSR count). The average molecular weight is 457 g/mol. The first-order valence-electron chi connectivity index (χ1n) is 9.73. The van der Waals surface area contributed by atoms with Gasteiger partial charge in [-0.25, -0.2) is 8.42 Å². The van der Waals surface area contributed by atoms with E-state index in [1.807, 2.05) is 0 Å². The SMILES string of the molecule is O=C(Nc1cc(S(=O)(=O)N2CCCCCC2)ccc1OCC(F)(F)F)c1ccccn1. The number of amides is 1. The van der Waals surface area contributed by atoms with Crippen molar-refractivity contribution < 1.29 is 31.1 Å². The lowest BCUT2D eigenvalue weighted by molar-refractivity contribution is -0.153. The second kappa shape index (κ2) is 9.65. The van der Waals surface area contributed by atoms with Crippen molar-refractivity contribution >= 4 is 21.6 Å². The Hall–Kier alpha value is -2.66. The van der Waals surface area contributed by atoms with Crippen LogP contribution in [0.5, 0.6) is 5.75 Å². The Kier molecular flexibility index (Phi) is 7.16. The normalized spacial score (nSPS) is 15.8. The lowest BCUT2D eigenvalue weighted by Crippen LogP contribution is -2.32. The van der Waals surface area contributed by atoms with Gasteiger partial charge in [0, 0.05) is 19.3 Å². The number of ether oxygens (including phenoxy) is 1. The van der Waals surface area contributed by atoms with E-state index in [0.717, 1.165) is 37.8 Å². The lowest BCUT2D eigenvalue weighted by atomic mass is 10.2. The van der Waals surface area contributed by atoms with Crippen LogP contribution in [0.15, 0.2) is 47.5 Å². The molecular formula is C20H22F3N3O4S. The monoisotopic (exact) mass is 457 g/mol. The topological polar surface area (TPSA) is 88.6 Å². The molecule has 0 aliphatic carbocycles. The number of hydrogen-bond donors (Lipinski definition) is 1. The van der Waals surface area contributed by atoms with Crippen molar-refractivity contribution in [2.24, 2.45) is 0 Å². The molecule has 0 spiro atoms. The van der Waals surface area contributed by atoms with E-state index < -0.39 is 28.7 Å². The average Bonchev–Trinajstić information content (AvgIpc) is 3.03. The van der Waals surface area contributed by atoms with Gasteiger partial charge in [0.05, 0.1) is 10.6 Å². The van der Waals surface area contributed by atoms with Gasteiger partial charge in [-0.15, -0.1) is 0 Å². The van der Waals surface area contributed by atoms with E-state index in [2.05, 4.69) is 10.3 Å². The highest BCUT2D eigenvalue weighted by molar-refractivity contribution is 7.89. The van der Waals surface area contributed by atoms with Gasteiger partial charge in [0.25, 0.3) is 5.91 Å². The molecule has 0 unspecified atom stereocenters. The summed E-state index contributed by atoms with van der Waals surface area (Å²) >= 11 is 0. The Morgan fingerprint density at radius 2 is 1.81 bits per heavy atom. The van der Waals surface area contributed by atoms with Gasteiger partial charge in [-0.05, 0) is 43.2 Å². The number of benzene rings is 1. The number of carbonyl (C=O) groups is 1. The van der Waals surface area contributed by atoms with E-state index >= 15 is 0 Å². The number of pyridine rings is 1. The quantitative estimate of drug-likeness (QED) is 0.712. The fourth-order valence-corrected chi connectivity index (χ4v) is 4.71. The summed E-state index contributed by atoms with van der Waals surface area (Å²) in [6, 6.07) is 8.01. The van der Waals surface area contributed by atoms with E-state index in [1.165, 1.54) is 22.6 Å². The van der Waals surface area contributed by atoms with Gasteiger partial charge < -0.3 is 10.1 Å². The fraction of sp³-hybridized carbons (Fsp3) is 0.400. The Balaban J connectivity index is 1.93. The molecule has 168 valence electrons. The summed E-state index contributed by atoms with van der Waals surface area (Å²) in [6.45, 7) is -0.855. The zero-order chi connectivity index (χ0) is 22.5. The van der Waals surface area contributed by atoms with E-state index in [4.69, 9.17) is 4.74 Å². The number of aromatic nitrogens is 1. The summed E-state index contributed by atoms with van der Waals surface area (Å²) in [5, 5.41) is 2.41. The number of alkyl halides is 3. The van der Waals surface area contributed by atoms with Gasteiger partial charge in [0.2, 0.25) is 10.0 Å². The van der Waals surface area contributed by atoms with E-state index in [0.29, 0.717) is 13.1 Å². The number of rotatable bonds is 6. The van der Waals surface area contributed by atoms with Crippen molar-refractivity contribution in [1.29, 1.82) is 0 Å². The maximum absolute atomic E-state index is 13.1. The molecule has 2 aromatic rings. The zero-order valence-corrected chi connectivity index (χ0v) is 17.4. The van der Waals surface area contributed by atoms with Gasteiger partial charge in [-0.1, -0.05) is 18.9 Å². The van der Waals surface area contributed by atoms with Crippen LogP contribution in [0.3, 0.4) is 0 Å². The molecule has 7 nitrogen and oxygen atoms in total. The smallest absolute Gasteiger partial charge is 0.422 e. The van der Waals surface area contributed by atoms with Crippen molar-refractivity contribution in [2.45, 2.75) is 36.8 Å². The summed E-state index contributed by atoms with van der Waals surface area (Å²) in [5.74, 6) is -1.00. The number of halogens is 3. The third-order valence-electron chi connectivity index (χ3n) is 4.69. The van der Waals surface area contributed by atoms with Crippen LogP contribution in [0.25, 0.3) is 0 Å². The van der Waals surface area contributed by atoms with Crippen LogP contribution in [0.4, 0.5) is 18.9 Å². The number of nitrogens with zero attached hydrogens (tertiary/aromatic N) is 2. The number of nitrogens with one attached hydrogen (secondary N) is 1. The maximum atomic E-state index is 13.1. The second-order valence-electron chi connectivity index (χ2n) is 7.05. The van der Waals surface area contributed by atoms with Crippen LogP contribution in [0.2, 0.25) is 0 Å². The first kappa shape index (κ1) is 23.0. The van der Waals surface area contributed by atoms with Gasteiger partial charge in [-0.3, -0.25) is 9.78 Å². The van der Waals surface area contributed by atoms with Crippen LogP contribution < -0.4 is 10.1 Å². The van der Waals surface area contributed by atoms with Gasteiger partial charge in [0.15, 0.2) is 6.61 Å². The second-order valence-corrected chi connectivity index (χ2v) is 8.99. The fourth-order valence-electron chi connectivity index (χ4n) is 3.17. The van der Waals surface area contributed by atoms with E-state index in [1.54, 1.807) is 12.1 Å². The third-order valence-corrected chi connectivity index (χ3v) is 6.59.